The summed E-state index contributed by atoms with van der Waals surface area (Å²) in [4.78, 5) is 26.8. The minimum Gasteiger partial charge on any atom is -0.337 e. The summed E-state index contributed by atoms with van der Waals surface area (Å²) in [5, 5.41) is 1.76. The highest BCUT2D eigenvalue weighted by atomic mass is 32.1. The number of H-pyrrole nitrogens is 1. The lowest BCUT2D eigenvalue weighted by molar-refractivity contribution is -0.128. The number of hydrogen-bond acceptors (Lipinski definition) is 4. The van der Waals surface area contributed by atoms with Gasteiger partial charge in [0.25, 0.3) is 0 Å². The van der Waals surface area contributed by atoms with Gasteiger partial charge in [0.2, 0.25) is 5.91 Å². The molecule has 1 amide bonds. The van der Waals surface area contributed by atoms with E-state index in [4.69, 9.17) is 5.73 Å². The van der Waals surface area contributed by atoms with Gasteiger partial charge in [-0.3, -0.25) is 9.59 Å². The lowest BCUT2D eigenvalue weighted by atomic mass is 10.1. The third-order valence-electron chi connectivity index (χ3n) is 2.56. The Labute approximate surface area is 90.9 Å². The largest absolute Gasteiger partial charge is 0.337 e. The molecule has 0 radical (unpaired) electrons. The molecule has 2 rings (SSSR count). The Morgan fingerprint density at radius 3 is 2.93 bits per heavy atom. The molecule has 1 aromatic heterocycles. The average molecular weight is 227 g/mol. The highest BCUT2D eigenvalue weighted by Gasteiger charge is 2.28. The normalized spacial score (nSPS) is 21.3. The Morgan fingerprint density at radius 1 is 1.60 bits per heavy atom. The monoisotopic (exact) mass is 227 g/mol. The minimum absolute atomic E-state index is 0.0768. The fraction of sp³-hybridized carbons (Fsp3) is 0.556. The Bertz CT molecular complexity index is 411. The molecular formula is C9H13N3O2S. The molecule has 6 heteroatoms. The predicted octanol–water partition coefficient (Wildman–Crippen LogP) is -0.256. The molecule has 1 atom stereocenters. The third kappa shape index (κ3) is 2.27. The number of thiazole rings is 1. The van der Waals surface area contributed by atoms with Gasteiger partial charge in [-0.25, -0.2) is 0 Å². The summed E-state index contributed by atoms with van der Waals surface area (Å²) in [7, 11) is 0. The van der Waals surface area contributed by atoms with Gasteiger partial charge in [-0.1, -0.05) is 11.3 Å². The molecule has 1 aliphatic heterocycles. The van der Waals surface area contributed by atoms with Gasteiger partial charge in [0, 0.05) is 24.0 Å². The zero-order chi connectivity index (χ0) is 10.8. The van der Waals surface area contributed by atoms with Gasteiger partial charge < -0.3 is 15.6 Å². The molecule has 1 saturated heterocycles. The van der Waals surface area contributed by atoms with Crippen molar-refractivity contribution in [1.29, 1.82) is 0 Å². The van der Waals surface area contributed by atoms with Crippen molar-refractivity contribution in [3.63, 3.8) is 0 Å². The number of aromatic amines is 1. The molecular weight excluding hydrogens is 214 g/mol. The molecule has 1 aromatic rings. The first-order valence-corrected chi connectivity index (χ1v) is 5.71. The summed E-state index contributed by atoms with van der Waals surface area (Å²) in [5.41, 5.74) is 6.32. The van der Waals surface area contributed by atoms with Crippen LogP contribution < -0.4 is 10.6 Å². The molecule has 1 aliphatic rings. The lowest BCUT2D eigenvalue weighted by Crippen LogP contribution is -2.26. The first-order valence-electron chi connectivity index (χ1n) is 4.83. The van der Waals surface area contributed by atoms with E-state index in [0.29, 0.717) is 26.1 Å². The molecule has 1 fully saturated rings. The summed E-state index contributed by atoms with van der Waals surface area (Å²) in [5.74, 6) is 0.389. The lowest BCUT2D eigenvalue weighted by Gasteiger charge is -2.14. The van der Waals surface area contributed by atoms with E-state index in [-0.39, 0.29) is 16.7 Å². The van der Waals surface area contributed by atoms with E-state index in [1.807, 2.05) is 0 Å². The molecule has 82 valence electrons. The fourth-order valence-corrected chi connectivity index (χ4v) is 2.33. The van der Waals surface area contributed by atoms with Crippen LogP contribution in [0, 0.1) is 5.92 Å². The maximum atomic E-state index is 11.5. The smallest absolute Gasteiger partial charge is 0.304 e. The van der Waals surface area contributed by atoms with Crippen LogP contribution in [-0.2, 0) is 11.3 Å². The molecule has 0 aromatic carbocycles. The molecule has 5 nitrogen and oxygen atoms in total. The van der Waals surface area contributed by atoms with E-state index < -0.39 is 0 Å². The molecule has 2 heterocycles. The minimum atomic E-state index is -0.0768. The molecule has 1 unspecified atom stereocenters. The van der Waals surface area contributed by atoms with E-state index in [9.17, 15) is 9.59 Å². The average Bonchev–Trinajstić information content (AvgIpc) is 2.75. The summed E-state index contributed by atoms with van der Waals surface area (Å²) in [6, 6.07) is 0. The van der Waals surface area contributed by atoms with Crippen molar-refractivity contribution in [3.8, 4) is 0 Å². The Hall–Kier alpha value is -1.14. The van der Waals surface area contributed by atoms with Crippen LogP contribution in [0.4, 0.5) is 0 Å². The van der Waals surface area contributed by atoms with Gasteiger partial charge in [-0.05, 0) is 12.5 Å². The van der Waals surface area contributed by atoms with E-state index in [0.717, 1.165) is 17.0 Å². The summed E-state index contributed by atoms with van der Waals surface area (Å²) in [6.07, 6.45) is 0.533. The highest BCUT2D eigenvalue weighted by molar-refractivity contribution is 7.07. The number of likely N-dealkylation sites (tertiary alicyclic amines) is 1. The van der Waals surface area contributed by atoms with Crippen LogP contribution in [0.2, 0.25) is 0 Å². The van der Waals surface area contributed by atoms with Crippen LogP contribution >= 0.6 is 11.3 Å². The van der Waals surface area contributed by atoms with Crippen LogP contribution in [0.15, 0.2) is 10.2 Å². The van der Waals surface area contributed by atoms with E-state index in [1.165, 1.54) is 0 Å². The van der Waals surface area contributed by atoms with Crippen molar-refractivity contribution in [1.82, 2.24) is 9.88 Å². The van der Waals surface area contributed by atoms with Gasteiger partial charge in [-0.2, -0.15) is 0 Å². The van der Waals surface area contributed by atoms with Crippen molar-refractivity contribution in [2.24, 2.45) is 11.7 Å². The van der Waals surface area contributed by atoms with E-state index >= 15 is 0 Å². The van der Waals surface area contributed by atoms with Crippen molar-refractivity contribution in [2.45, 2.75) is 13.0 Å². The van der Waals surface area contributed by atoms with E-state index in [2.05, 4.69) is 4.98 Å². The first kappa shape index (κ1) is 10.4. The van der Waals surface area contributed by atoms with Gasteiger partial charge in [0.15, 0.2) is 0 Å². The van der Waals surface area contributed by atoms with Crippen molar-refractivity contribution >= 4 is 17.2 Å². The molecule has 0 spiro atoms. The molecule has 15 heavy (non-hydrogen) atoms. The fourth-order valence-electron chi connectivity index (χ4n) is 1.76. The first-order chi connectivity index (χ1) is 7.19. The number of carbonyl (C=O) groups excluding carboxylic acids is 1. The second-order valence-corrected chi connectivity index (χ2v) is 4.60. The van der Waals surface area contributed by atoms with Crippen LogP contribution in [0.5, 0.6) is 0 Å². The highest BCUT2D eigenvalue weighted by Crippen LogP contribution is 2.18. The molecule has 3 N–H and O–H groups in total. The second-order valence-electron chi connectivity index (χ2n) is 3.75. The predicted molar refractivity (Wildman–Crippen MR) is 57.5 cm³/mol. The van der Waals surface area contributed by atoms with Crippen molar-refractivity contribution < 1.29 is 4.79 Å². The number of amides is 1. The molecule has 0 bridgehead atoms. The summed E-state index contributed by atoms with van der Waals surface area (Å²) < 4.78 is 0. The zero-order valence-corrected chi connectivity index (χ0v) is 9.05. The topological polar surface area (TPSA) is 79.2 Å². The number of nitrogens with one attached hydrogen (secondary N) is 1. The maximum absolute atomic E-state index is 11.5. The van der Waals surface area contributed by atoms with Crippen molar-refractivity contribution in [2.75, 3.05) is 13.1 Å². The second kappa shape index (κ2) is 4.16. The number of rotatable bonds is 3. The maximum Gasteiger partial charge on any atom is 0.304 e. The van der Waals surface area contributed by atoms with Crippen LogP contribution in [-0.4, -0.2) is 28.9 Å². The van der Waals surface area contributed by atoms with Gasteiger partial charge in [-0.15, -0.1) is 0 Å². The van der Waals surface area contributed by atoms with Gasteiger partial charge in [0.1, 0.15) is 0 Å². The van der Waals surface area contributed by atoms with Crippen LogP contribution in [0.25, 0.3) is 0 Å². The van der Waals surface area contributed by atoms with E-state index in [1.54, 1.807) is 10.3 Å². The van der Waals surface area contributed by atoms with Crippen molar-refractivity contribution in [3.05, 3.63) is 20.7 Å². The molecule has 0 saturated carbocycles. The summed E-state index contributed by atoms with van der Waals surface area (Å²) in [6.45, 7) is 1.74. The SMILES string of the molecule is NCC1CC(=O)N(Cc2csc(=O)[nH]2)C1. The van der Waals surface area contributed by atoms with Crippen LogP contribution in [0.3, 0.4) is 0 Å². The Balaban J connectivity index is 2.01. The van der Waals surface area contributed by atoms with Gasteiger partial charge in [0.05, 0.1) is 6.54 Å². The summed E-state index contributed by atoms with van der Waals surface area (Å²) >= 11 is 1.12. The number of nitrogens with zero attached hydrogens (tertiary/aromatic N) is 1. The third-order valence-corrected chi connectivity index (χ3v) is 3.28. The number of carbonyl (C=O) groups is 1. The number of aromatic nitrogens is 1. The zero-order valence-electron chi connectivity index (χ0n) is 8.23. The Morgan fingerprint density at radius 2 is 2.40 bits per heavy atom. The standard InChI is InChI=1S/C9H13N3O2S/c10-2-6-1-8(13)12(3-6)4-7-5-15-9(14)11-7/h5-6H,1-4,10H2,(H,11,14). The quantitative estimate of drug-likeness (QED) is 0.747. The van der Waals surface area contributed by atoms with Gasteiger partial charge >= 0.3 is 4.87 Å². The van der Waals surface area contributed by atoms with Crippen LogP contribution in [0.1, 0.15) is 12.1 Å². The Kier molecular flexibility index (Phi) is 2.88. The molecule has 0 aliphatic carbocycles. The number of hydrogen-bond donors (Lipinski definition) is 2. The number of nitrogens with two attached hydrogens (primary N) is 1.